The number of nitrogens with one attached hydrogen (secondary N) is 1. The highest BCUT2D eigenvalue weighted by Gasteiger charge is 2.22. The summed E-state index contributed by atoms with van der Waals surface area (Å²) in [7, 11) is 1.97. The molecular formula is C17H25ClN2O2. The van der Waals surface area contributed by atoms with E-state index in [1.165, 1.54) is 6.42 Å². The number of benzene rings is 1. The lowest BCUT2D eigenvalue weighted by Gasteiger charge is -2.32. The summed E-state index contributed by atoms with van der Waals surface area (Å²) in [6, 6.07) is 7.41. The molecule has 0 radical (unpaired) electrons. The highest BCUT2D eigenvalue weighted by molar-refractivity contribution is 6.32. The van der Waals surface area contributed by atoms with E-state index < -0.39 is 0 Å². The van der Waals surface area contributed by atoms with Crippen LogP contribution in [0.15, 0.2) is 24.3 Å². The molecule has 5 heteroatoms. The first-order valence-electron chi connectivity index (χ1n) is 8.00. The number of hydrogen-bond donors (Lipinski definition) is 1. The van der Waals surface area contributed by atoms with Crippen molar-refractivity contribution in [1.82, 2.24) is 10.2 Å². The minimum absolute atomic E-state index is 0.239. The van der Waals surface area contributed by atoms with Gasteiger partial charge in [-0.1, -0.05) is 23.7 Å². The third-order valence-electron chi connectivity index (χ3n) is 3.99. The average Bonchev–Trinajstić information content (AvgIpc) is 2.53. The molecule has 1 aromatic rings. The number of hydrogen-bond acceptors (Lipinski definition) is 3. The second-order valence-corrected chi connectivity index (χ2v) is 6.20. The molecule has 1 aliphatic rings. The van der Waals surface area contributed by atoms with Crippen molar-refractivity contribution in [2.45, 2.75) is 25.7 Å². The van der Waals surface area contributed by atoms with Crippen LogP contribution >= 0.6 is 11.6 Å². The second-order valence-electron chi connectivity index (χ2n) is 5.79. The van der Waals surface area contributed by atoms with Crippen LogP contribution in [0.5, 0.6) is 5.75 Å². The maximum absolute atomic E-state index is 12.3. The minimum atomic E-state index is 0.239. The lowest BCUT2D eigenvalue weighted by Crippen LogP contribution is -2.42. The van der Waals surface area contributed by atoms with Gasteiger partial charge in [-0.15, -0.1) is 0 Å². The van der Waals surface area contributed by atoms with E-state index in [2.05, 4.69) is 5.32 Å². The summed E-state index contributed by atoms with van der Waals surface area (Å²) >= 11 is 6.03. The normalized spacial score (nSPS) is 18.3. The number of carbonyl (C=O) groups excluding carboxylic acids is 1. The third-order valence-corrected chi connectivity index (χ3v) is 4.31. The topological polar surface area (TPSA) is 41.6 Å². The number of nitrogens with zero attached hydrogens (tertiary/aromatic N) is 1. The molecule has 1 amide bonds. The number of carbonyl (C=O) groups is 1. The van der Waals surface area contributed by atoms with Crippen molar-refractivity contribution < 1.29 is 9.53 Å². The maximum atomic E-state index is 12.3. The standard InChI is InChI=1S/C17H25ClN2O2/c1-19-12-14-6-4-10-20(13-14)17(21)9-5-11-22-16-8-3-2-7-15(16)18/h2-3,7-8,14,19H,4-6,9-13H2,1H3. The number of piperidine rings is 1. The highest BCUT2D eigenvalue weighted by Crippen LogP contribution is 2.23. The molecule has 1 fully saturated rings. The van der Waals surface area contributed by atoms with Gasteiger partial charge in [-0.3, -0.25) is 4.79 Å². The van der Waals surface area contributed by atoms with Crippen molar-refractivity contribution in [1.29, 1.82) is 0 Å². The Morgan fingerprint density at radius 3 is 3.05 bits per heavy atom. The van der Waals surface area contributed by atoms with E-state index in [9.17, 15) is 4.79 Å². The molecular weight excluding hydrogens is 300 g/mol. The quantitative estimate of drug-likeness (QED) is 0.784. The van der Waals surface area contributed by atoms with Gasteiger partial charge in [-0.05, 0) is 50.9 Å². The summed E-state index contributed by atoms with van der Waals surface area (Å²) in [5.74, 6) is 1.51. The van der Waals surface area contributed by atoms with Gasteiger partial charge in [0.05, 0.1) is 11.6 Å². The van der Waals surface area contributed by atoms with Gasteiger partial charge in [0.2, 0.25) is 5.91 Å². The van der Waals surface area contributed by atoms with Crippen LogP contribution in [0.4, 0.5) is 0 Å². The van der Waals surface area contributed by atoms with Crippen LogP contribution in [0.25, 0.3) is 0 Å². The Morgan fingerprint density at radius 1 is 1.45 bits per heavy atom. The van der Waals surface area contributed by atoms with Gasteiger partial charge in [-0.2, -0.15) is 0 Å². The highest BCUT2D eigenvalue weighted by atomic mass is 35.5. The van der Waals surface area contributed by atoms with Crippen LogP contribution in [0.3, 0.4) is 0 Å². The first-order chi connectivity index (χ1) is 10.7. The molecule has 22 heavy (non-hydrogen) atoms. The van der Waals surface area contributed by atoms with E-state index in [1.54, 1.807) is 6.07 Å². The first-order valence-corrected chi connectivity index (χ1v) is 8.38. The molecule has 0 saturated carbocycles. The van der Waals surface area contributed by atoms with Gasteiger partial charge in [0.25, 0.3) is 0 Å². The Hall–Kier alpha value is -1.26. The summed E-state index contributed by atoms with van der Waals surface area (Å²) in [6.07, 6.45) is 3.57. The molecule has 2 rings (SSSR count). The molecule has 1 atom stereocenters. The van der Waals surface area contributed by atoms with Gasteiger partial charge in [0.15, 0.2) is 0 Å². The summed E-state index contributed by atoms with van der Waals surface area (Å²) < 4.78 is 5.62. The fraction of sp³-hybridized carbons (Fsp3) is 0.588. The largest absolute Gasteiger partial charge is 0.492 e. The number of para-hydroxylation sites is 1. The molecule has 1 heterocycles. The van der Waals surface area contributed by atoms with Crippen LogP contribution in [-0.4, -0.2) is 44.1 Å². The van der Waals surface area contributed by atoms with E-state index >= 15 is 0 Å². The van der Waals surface area contributed by atoms with Gasteiger partial charge in [-0.25, -0.2) is 0 Å². The molecule has 4 nitrogen and oxygen atoms in total. The van der Waals surface area contributed by atoms with Crippen LogP contribution in [0.1, 0.15) is 25.7 Å². The lowest BCUT2D eigenvalue weighted by atomic mass is 9.97. The zero-order chi connectivity index (χ0) is 15.8. The number of amides is 1. The number of ether oxygens (including phenoxy) is 1. The van der Waals surface area contributed by atoms with E-state index in [0.29, 0.717) is 29.7 Å². The van der Waals surface area contributed by atoms with Crippen molar-refractivity contribution in [2.75, 3.05) is 33.3 Å². The molecule has 122 valence electrons. The zero-order valence-electron chi connectivity index (χ0n) is 13.2. The fourth-order valence-corrected chi connectivity index (χ4v) is 3.06. The van der Waals surface area contributed by atoms with Crippen molar-refractivity contribution in [3.05, 3.63) is 29.3 Å². The Morgan fingerprint density at radius 2 is 2.27 bits per heavy atom. The van der Waals surface area contributed by atoms with Crippen molar-refractivity contribution in [3.8, 4) is 5.75 Å². The Labute approximate surface area is 137 Å². The molecule has 0 aliphatic carbocycles. The Bertz CT molecular complexity index is 479. The first kappa shape index (κ1) is 17.1. The minimum Gasteiger partial charge on any atom is -0.492 e. The summed E-state index contributed by atoms with van der Waals surface area (Å²) in [4.78, 5) is 14.3. The molecule has 0 aromatic heterocycles. The third kappa shape index (κ3) is 5.18. The predicted molar refractivity (Wildman–Crippen MR) is 89.4 cm³/mol. The number of rotatable bonds is 7. The van der Waals surface area contributed by atoms with E-state index in [0.717, 1.165) is 32.5 Å². The summed E-state index contributed by atoms with van der Waals surface area (Å²) in [6.45, 7) is 3.28. The second kappa shape index (κ2) is 9.01. The van der Waals surface area contributed by atoms with Crippen LogP contribution in [0, 0.1) is 5.92 Å². The maximum Gasteiger partial charge on any atom is 0.222 e. The van der Waals surface area contributed by atoms with Crippen molar-refractivity contribution >= 4 is 17.5 Å². The molecule has 1 aromatic carbocycles. The number of halogens is 1. The molecule has 1 saturated heterocycles. The molecule has 0 spiro atoms. The van der Waals surface area contributed by atoms with E-state index in [1.807, 2.05) is 30.1 Å². The fourth-order valence-electron chi connectivity index (χ4n) is 2.87. The average molecular weight is 325 g/mol. The smallest absolute Gasteiger partial charge is 0.222 e. The zero-order valence-corrected chi connectivity index (χ0v) is 13.9. The van der Waals surface area contributed by atoms with Crippen molar-refractivity contribution in [2.24, 2.45) is 5.92 Å². The van der Waals surface area contributed by atoms with Crippen LogP contribution < -0.4 is 10.1 Å². The van der Waals surface area contributed by atoms with Crippen LogP contribution in [-0.2, 0) is 4.79 Å². The molecule has 1 unspecified atom stereocenters. The Balaban J connectivity index is 1.68. The van der Waals surface area contributed by atoms with E-state index in [-0.39, 0.29) is 5.91 Å². The predicted octanol–water partition coefficient (Wildman–Crippen LogP) is 2.96. The number of likely N-dealkylation sites (tertiary alicyclic amines) is 1. The van der Waals surface area contributed by atoms with E-state index in [4.69, 9.17) is 16.3 Å². The van der Waals surface area contributed by atoms with Gasteiger partial charge < -0.3 is 15.0 Å². The summed E-state index contributed by atoms with van der Waals surface area (Å²) in [5.41, 5.74) is 0. The van der Waals surface area contributed by atoms with Gasteiger partial charge >= 0.3 is 0 Å². The monoisotopic (exact) mass is 324 g/mol. The lowest BCUT2D eigenvalue weighted by molar-refractivity contribution is -0.133. The Kier molecular flexibility index (Phi) is 7.00. The van der Waals surface area contributed by atoms with Crippen molar-refractivity contribution in [3.63, 3.8) is 0 Å². The molecule has 1 N–H and O–H groups in total. The SMILES string of the molecule is CNCC1CCCN(C(=O)CCCOc2ccccc2Cl)C1. The van der Waals surface area contributed by atoms with Gasteiger partial charge in [0.1, 0.15) is 5.75 Å². The van der Waals surface area contributed by atoms with Gasteiger partial charge in [0, 0.05) is 19.5 Å². The molecule has 0 bridgehead atoms. The summed E-state index contributed by atoms with van der Waals surface area (Å²) in [5, 5.41) is 3.81. The molecule has 1 aliphatic heterocycles. The van der Waals surface area contributed by atoms with Crippen LogP contribution in [0.2, 0.25) is 5.02 Å².